The van der Waals surface area contributed by atoms with Gasteiger partial charge in [0.05, 0.1) is 14.1 Å². The molecule has 0 saturated carbocycles. The number of hydrogen-bond donors (Lipinski definition) is 1. The number of hydrogen-bond acceptors (Lipinski definition) is 2. The lowest BCUT2D eigenvalue weighted by atomic mass is 9.87. The van der Waals surface area contributed by atoms with Crippen LogP contribution < -0.4 is 5.32 Å². The van der Waals surface area contributed by atoms with Crippen LogP contribution in [0.25, 0.3) is 0 Å². The van der Waals surface area contributed by atoms with Gasteiger partial charge in [0.1, 0.15) is 5.78 Å². The van der Waals surface area contributed by atoms with Crippen LogP contribution in [-0.2, 0) is 4.79 Å². The fraction of sp³-hybridized carbons (Fsp3) is 0.552. The van der Waals surface area contributed by atoms with Gasteiger partial charge in [0.25, 0.3) is 0 Å². The van der Waals surface area contributed by atoms with Crippen LogP contribution in [0, 0.1) is 17.8 Å². The molecule has 0 spiro atoms. The molecule has 0 aromatic heterocycles. The first-order chi connectivity index (χ1) is 14.9. The van der Waals surface area contributed by atoms with Crippen LogP contribution in [0.1, 0.15) is 66.5 Å². The Morgan fingerprint density at radius 3 is 1.84 bits per heavy atom. The quantitative estimate of drug-likeness (QED) is 0.346. The maximum Gasteiger partial charge on any atom is 0.138 e. The molecule has 0 radical (unpaired) electrons. The Balaban J connectivity index is 2.46. The van der Waals surface area contributed by atoms with E-state index in [1.807, 2.05) is 24.3 Å². The molecule has 2 nitrogen and oxygen atoms in total. The monoisotopic (exact) mass is 451 g/mol. The Morgan fingerprint density at radius 2 is 1.38 bits per heavy atom. The Labute approximate surface area is 198 Å². The highest BCUT2D eigenvalue weighted by Crippen LogP contribution is 2.52. The van der Waals surface area contributed by atoms with Gasteiger partial charge in [0, 0.05) is 17.1 Å². The van der Waals surface area contributed by atoms with Crippen LogP contribution in [0.4, 0.5) is 5.69 Å². The largest absolute Gasteiger partial charge is 0.378 e. The van der Waals surface area contributed by atoms with Crippen LogP contribution in [0.2, 0.25) is 23.7 Å². The van der Waals surface area contributed by atoms with Crippen molar-refractivity contribution >= 4 is 19.5 Å². The number of nitrogens with one attached hydrogen (secondary N) is 1. The molecule has 0 unspecified atom stereocenters. The zero-order chi connectivity index (χ0) is 24.1. The topological polar surface area (TPSA) is 29.1 Å². The maximum absolute atomic E-state index is 14.3. The van der Waals surface area contributed by atoms with Crippen LogP contribution in [0.3, 0.4) is 0 Å². The van der Waals surface area contributed by atoms with Gasteiger partial charge in [-0.05, 0) is 41.0 Å². The van der Waals surface area contributed by atoms with Gasteiger partial charge in [-0.25, -0.2) is 0 Å². The molecule has 3 atom stereocenters. The summed E-state index contributed by atoms with van der Waals surface area (Å²) in [5.41, 5.74) is 2.36. The van der Waals surface area contributed by atoms with Crippen molar-refractivity contribution in [2.24, 2.45) is 17.8 Å². The third-order valence-corrected chi connectivity index (χ3v) is 14.4. The minimum absolute atomic E-state index is 0.0484. The number of carbonyl (C=O) groups is 1. The summed E-state index contributed by atoms with van der Waals surface area (Å²) in [7, 11) is -1.93. The zero-order valence-corrected chi connectivity index (χ0v) is 22.8. The van der Waals surface area contributed by atoms with E-state index < -0.39 is 8.07 Å². The number of Topliss-reactive ketones (excluding diaryl/α,β-unsaturated/α-hetero) is 1. The maximum atomic E-state index is 14.3. The molecule has 3 heteroatoms. The van der Waals surface area contributed by atoms with E-state index >= 15 is 0 Å². The Hall–Kier alpha value is -1.87. The number of ketones is 1. The fourth-order valence-electron chi connectivity index (χ4n) is 4.78. The molecule has 0 aliphatic carbocycles. The zero-order valence-electron chi connectivity index (χ0n) is 21.8. The minimum atomic E-state index is -1.93. The standard InChI is InChI=1S/C29H45NOSi/c1-21(2)20-26(32(8,9)29(6,7)22(3)4)28(31)23(5)27(24-16-12-10-13-17-24)30-25-18-14-11-15-19-25/h10-19,21-23,26-27,30H,20H2,1-9H3/t23-,26+,27+/m1/s1. The molecule has 0 saturated heterocycles. The predicted octanol–water partition coefficient (Wildman–Crippen LogP) is 8.61. The number of carbonyl (C=O) groups excluding carboxylic acids is 1. The van der Waals surface area contributed by atoms with E-state index in [4.69, 9.17) is 0 Å². The van der Waals surface area contributed by atoms with E-state index in [0.29, 0.717) is 17.6 Å². The number of rotatable bonds is 11. The smallest absolute Gasteiger partial charge is 0.138 e. The molecule has 2 aromatic carbocycles. The average molecular weight is 452 g/mol. The third-order valence-electron chi connectivity index (χ3n) is 8.23. The summed E-state index contributed by atoms with van der Waals surface area (Å²) >= 11 is 0. The van der Waals surface area contributed by atoms with E-state index in [-0.39, 0.29) is 22.5 Å². The molecule has 0 amide bonds. The second-order valence-corrected chi connectivity index (χ2v) is 16.8. The summed E-state index contributed by atoms with van der Waals surface area (Å²) in [4.78, 5) is 14.3. The van der Waals surface area contributed by atoms with Crippen molar-refractivity contribution in [3.05, 3.63) is 66.2 Å². The van der Waals surface area contributed by atoms with Gasteiger partial charge in [-0.3, -0.25) is 4.79 Å². The minimum Gasteiger partial charge on any atom is -0.378 e. The van der Waals surface area contributed by atoms with Crippen LogP contribution in [0.5, 0.6) is 0 Å². The average Bonchev–Trinajstić information content (AvgIpc) is 2.75. The number of para-hydroxylation sites is 1. The molecule has 176 valence electrons. The summed E-state index contributed by atoms with van der Waals surface area (Å²) in [5.74, 6) is 1.37. The summed E-state index contributed by atoms with van der Waals surface area (Å²) in [6.07, 6.45) is 0.978. The fourth-order valence-corrected chi connectivity index (χ4v) is 9.20. The first kappa shape index (κ1) is 26.4. The highest BCUT2D eigenvalue weighted by Gasteiger charge is 2.50. The summed E-state index contributed by atoms with van der Waals surface area (Å²) in [6.45, 7) is 21.0. The van der Waals surface area contributed by atoms with Gasteiger partial charge < -0.3 is 5.32 Å². The van der Waals surface area contributed by atoms with Crippen molar-refractivity contribution in [1.29, 1.82) is 0 Å². The van der Waals surface area contributed by atoms with E-state index in [2.05, 4.69) is 103 Å². The van der Waals surface area contributed by atoms with Gasteiger partial charge in [-0.1, -0.05) is 110 Å². The lowest BCUT2D eigenvalue weighted by molar-refractivity contribution is -0.123. The van der Waals surface area contributed by atoms with Gasteiger partial charge in [-0.2, -0.15) is 0 Å². The predicted molar refractivity (Wildman–Crippen MR) is 143 cm³/mol. The second-order valence-electron chi connectivity index (χ2n) is 11.4. The van der Waals surface area contributed by atoms with Crippen molar-refractivity contribution < 1.29 is 4.79 Å². The third kappa shape index (κ3) is 5.92. The molecular weight excluding hydrogens is 406 g/mol. The Bertz CT molecular complexity index is 842. The summed E-state index contributed by atoms with van der Waals surface area (Å²) < 4.78 is 0. The van der Waals surface area contributed by atoms with Crippen molar-refractivity contribution in [2.75, 3.05) is 5.32 Å². The van der Waals surface area contributed by atoms with Crippen LogP contribution in [0.15, 0.2) is 60.7 Å². The summed E-state index contributed by atoms with van der Waals surface area (Å²) in [6, 6.07) is 20.7. The first-order valence-corrected chi connectivity index (χ1v) is 15.4. The van der Waals surface area contributed by atoms with Crippen LogP contribution >= 0.6 is 0 Å². The molecular formula is C29H45NOSi. The Morgan fingerprint density at radius 1 is 0.875 bits per heavy atom. The van der Waals surface area contributed by atoms with E-state index in [0.717, 1.165) is 12.1 Å². The van der Waals surface area contributed by atoms with Crippen molar-refractivity contribution in [3.63, 3.8) is 0 Å². The lowest BCUT2D eigenvalue weighted by Gasteiger charge is -2.49. The molecule has 32 heavy (non-hydrogen) atoms. The first-order valence-electron chi connectivity index (χ1n) is 12.3. The number of benzene rings is 2. The van der Waals surface area contributed by atoms with Gasteiger partial charge in [0.2, 0.25) is 0 Å². The normalized spacial score (nSPS) is 15.5. The second kappa shape index (κ2) is 10.8. The van der Waals surface area contributed by atoms with Gasteiger partial charge in [0.15, 0.2) is 0 Å². The molecule has 0 fully saturated rings. The SMILES string of the molecule is CC(C)C[C@@H](C(=O)[C@H](C)[C@H](Nc1ccccc1)c1ccccc1)[Si](C)(C)C(C)(C)C(C)C. The molecule has 0 aliphatic rings. The van der Waals surface area contributed by atoms with Crippen molar-refractivity contribution in [3.8, 4) is 0 Å². The van der Waals surface area contributed by atoms with E-state index in [1.54, 1.807) is 0 Å². The highest BCUT2D eigenvalue weighted by molar-refractivity contribution is 6.84. The molecule has 1 N–H and O–H groups in total. The molecule has 0 aliphatic heterocycles. The molecule has 2 aromatic rings. The van der Waals surface area contributed by atoms with Crippen molar-refractivity contribution in [2.45, 2.75) is 84.6 Å². The van der Waals surface area contributed by atoms with E-state index in [9.17, 15) is 4.79 Å². The van der Waals surface area contributed by atoms with Crippen LogP contribution in [-0.4, -0.2) is 13.9 Å². The highest BCUT2D eigenvalue weighted by atomic mass is 28.3. The molecule has 0 bridgehead atoms. The molecule has 0 heterocycles. The van der Waals surface area contributed by atoms with E-state index in [1.165, 1.54) is 5.56 Å². The molecule has 2 rings (SSSR count). The van der Waals surface area contributed by atoms with Gasteiger partial charge in [-0.15, -0.1) is 0 Å². The van der Waals surface area contributed by atoms with Gasteiger partial charge >= 0.3 is 0 Å². The number of anilines is 1. The van der Waals surface area contributed by atoms with Crippen molar-refractivity contribution in [1.82, 2.24) is 0 Å². The lowest BCUT2D eigenvalue weighted by Crippen LogP contribution is -2.50. The summed E-state index contributed by atoms with van der Waals surface area (Å²) in [5, 5.41) is 3.87. The Kier molecular flexibility index (Phi) is 8.93.